The monoisotopic (exact) mass is 336 g/mol. The number of nitrogens with zero attached hydrogens (tertiary/aromatic N) is 2. The molecule has 25 heavy (non-hydrogen) atoms. The first kappa shape index (κ1) is 17.4. The van der Waals surface area contributed by atoms with Crippen LogP contribution in [0.1, 0.15) is 45.0 Å². The molecule has 130 valence electrons. The first-order valence-electron chi connectivity index (χ1n) is 9.12. The van der Waals surface area contributed by atoms with Crippen molar-refractivity contribution in [3.8, 4) is 5.69 Å². The van der Waals surface area contributed by atoms with Crippen LogP contribution < -0.4 is 10.9 Å². The summed E-state index contributed by atoms with van der Waals surface area (Å²) in [5, 5.41) is 2.94. The molecule has 0 spiro atoms. The second kappa shape index (κ2) is 8.08. The highest BCUT2D eigenvalue weighted by molar-refractivity contribution is 5.77. The van der Waals surface area contributed by atoms with E-state index in [2.05, 4.69) is 19.2 Å². The quantitative estimate of drug-likeness (QED) is 0.674. The van der Waals surface area contributed by atoms with E-state index in [1.165, 1.54) is 19.3 Å². The topological polar surface area (TPSA) is 51.5 Å². The third-order valence-corrected chi connectivity index (χ3v) is 4.55. The molecule has 0 fully saturated rings. The molecular formula is C21H26N3O+. The van der Waals surface area contributed by atoms with Crippen LogP contribution in [-0.2, 0) is 0 Å². The Labute approximate surface area is 148 Å². The minimum atomic E-state index is 0.000563. The lowest BCUT2D eigenvalue weighted by Gasteiger charge is -2.17. The molecule has 0 aliphatic rings. The van der Waals surface area contributed by atoms with E-state index in [0.717, 1.165) is 23.6 Å². The van der Waals surface area contributed by atoms with Gasteiger partial charge in [-0.15, -0.1) is 0 Å². The molecular weight excluding hydrogens is 310 g/mol. The molecule has 0 saturated heterocycles. The van der Waals surface area contributed by atoms with Crippen molar-refractivity contribution >= 4 is 10.9 Å². The number of hydrogen-bond acceptors (Lipinski definition) is 2. The van der Waals surface area contributed by atoms with Crippen LogP contribution in [0.5, 0.6) is 0 Å². The predicted molar refractivity (Wildman–Crippen MR) is 102 cm³/mol. The van der Waals surface area contributed by atoms with E-state index >= 15 is 0 Å². The highest BCUT2D eigenvalue weighted by Crippen LogP contribution is 2.16. The molecule has 2 N–H and O–H groups in total. The van der Waals surface area contributed by atoms with Gasteiger partial charge in [0, 0.05) is 0 Å². The minimum absolute atomic E-state index is 0.000563. The van der Waals surface area contributed by atoms with E-state index in [1.807, 2.05) is 54.6 Å². The van der Waals surface area contributed by atoms with Gasteiger partial charge in [-0.2, -0.15) is 0 Å². The summed E-state index contributed by atoms with van der Waals surface area (Å²) in [4.78, 5) is 18.0. The Morgan fingerprint density at radius 1 is 1.04 bits per heavy atom. The largest absolute Gasteiger partial charge is 0.338 e. The third-order valence-electron chi connectivity index (χ3n) is 4.55. The Bertz CT molecular complexity index is 887. The van der Waals surface area contributed by atoms with Crippen LogP contribution >= 0.6 is 0 Å². The maximum absolute atomic E-state index is 13.1. The van der Waals surface area contributed by atoms with Crippen LogP contribution in [0.3, 0.4) is 0 Å². The molecule has 1 heterocycles. The first-order valence-corrected chi connectivity index (χ1v) is 9.12. The van der Waals surface area contributed by atoms with Gasteiger partial charge in [0.25, 0.3) is 5.56 Å². The van der Waals surface area contributed by atoms with Gasteiger partial charge in [0.1, 0.15) is 6.04 Å². The standard InChI is InChI=1S/C21H25N3O/c1-3-4-10-15-22-16(2)20-23-19-14-9-8-13-18(19)21(25)24(20)17-11-6-5-7-12-17/h5-9,11-14,16,22H,3-4,10,15H2,1-2H3/p+1/t16-/m1/s1. The molecule has 0 aliphatic carbocycles. The first-order chi connectivity index (χ1) is 12.2. The van der Waals surface area contributed by atoms with Gasteiger partial charge in [0.2, 0.25) is 0 Å². The summed E-state index contributed by atoms with van der Waals surface area (Å²) >= 11 is 0. The molecule has 3 aromatic rings. The third kappa shape index (κ3) is 3.80. The van der Waals surface area contributed by atoms with Gasteiger partial charge in [0.05, 0.1) is 23.1 Å². The lowest BCUT2D eigenvalue weighted by molar-refractivity contribution is -0.694. The van der Waals surface area contributed by atoms with E-state index < -0.39 is 0 Å². The Morgan fingerprint density at radius 2 is 1.76 bits per heavy atom. The molecule has 3 rings (SSSR count). The van der Waals surface area contributed by atoms with Crippen LogP contribution in [0.4, 0.5) is 0 Å². The number of nitrogens with two attached hydrogens (primary N) is 1. The van der Waals surface area contributed by atoms with E-state index in [9.17, 15) is 4.79 Å². The summed E-state index contributed by atoms with van der Waals surface area (Å²) in [6, 6.07) is 17.5. The zero-order chi connectivity index (χ0) is 17.6. The summed E-state index contributed by atoms with van der Waals surface area (Å²) in [6.07, 6.45) is 3.63. The van der Waals surface area contributed by atoms with Crippen molar-refractivity contribution < 1.29 is 5.32 Å². The van der Waals surface area contributed by atoms with Gasteiger partial charge in [-0.05, 0) is 44.0 Å². The molecule has 4 nitrogen and oxygen atoms in total. The van der Waals surface area contributed by atoms with Crippen molar-refractivity contribution in [3.05, 3.63) is 70.8 Å². The van der Waals surface area contributed by atoms with Crippen LogP contribution in [0.15, 0.2) is 59.4 Å². The predicted octanol–water partition coefficient (Wildman–Crippen LogP) is 3.20. The number of aromatic nitrogens is 2. The summed E-state index contributed by atoms with van der Waals surface area (Å²) in [7, 11) is 0. The smallest absolute Gasteiger partial charge is 0.266 e. The van der Waals surface area contributed by atoms with Gasteiger partial charge in [-0.3, -0.25) is 9.36 Å². The number of fused-ring (bicyclic) bond motifs is 1. The molecule has 2 aromatic carbocycles. The van der Waals surface area contributed by atoms with Crippen molar-refractivity contribution in [1.82, 2.24) is 9.55 Å². The minimum Gasteiger partial charge on any atom is -0.338 e. The number of unbranched alkanes of at least 4 members (excludes halogenated alkanes) is 2. The van der Waals surface area contributed by atoms with Crippen LogP contribution in [0, 0.1) is 0 Å². The van der Waals surface area contributed by atoms with Gasteiger partial charge in [0.15, 0.2) is 5.82 Å². The molecule has 0 aliphatic heterocycles. The fourth-order valence-corrected chi connectivity index (χ4v) is 3.15. The number of quaternary nitrogens is 1. The molecule has 1 aromatic heterocycles. The average Bonchev–Trinajstić information content (AvgIpc) is 2.65. The molecule has 1 atom stereocenters. The van der Waals surface area contributed by atoms with E-state index in [4.69, 9.17) is 4.98 Å². The molecule has 0 unspecified atom stereocenters. The number of para-hydroxylation sites is 2. The van der Waals surface area contributed by atoms with Gasteiger partial charge < -0.3 is 5.32 Å². The van der Waals surface area contributed by atoms with Gasteiger partial charge in [-0.25, -0.2) is 4.98 Å². The zero-order valence-electron chi connectivity index (χ0n) is 15.0. The highest BCUT2D eigenvalue weighted by Gasteiger charge is 2.19. The number of benzene rings is 2. The van der Waals surface area contributed by atoms with Gasteiger partial charge in [-0.1, -0.05) is 43.7 Å². The average molecular weight is 336 g/mol. The molecule has 4 heteroatoms. The Morgan fingerprint density at radius 3 is 2.52 bits per heavy atom. The molecule has 0 saturated carbocycles. The van der Waals surface area contributed by atoms with Gasteiger partial charge >= 0.3 is 0 Å². The Balaban J connectivity index is 2.07. The molecule has 0 amide bonds. The summed E-state index contributed by atoms with van der Waals surface area (Å²) in [5.41, 5.74) is 1.64. The van der Waals surface area contributed by atoms with Crippen molar-refractivity contribution in [1.29, 1.82) is 0 Å². The lowest BCUT2D eigenvalue weighted by atomic mass is 10.2. The fraction of sp³-hybridized carbons (Fsp3) is 0.333. The molecule has 0 radical (unpaired) electrons. The van der Waals surface area contributed by atoms with Crippen LogP contribution in [0.2, 0.25) is 0 Å². The second-order valence-corrected chi connectivity index (χ2v) is 6.48. The van der Waals surface area contributed by atoms with Crippen LogP contribution in [-0.4, -0.2) is 16.1 Å². The zero-order valence-corrected chi connectivity index (χ0v) is 15.0. The number of hydrogen-bond donors (Lipinski definition) is 1. The second-order valence-electron chi connectivity index (χ2n) is 6.48. The Kier molecular flexibility index (Phi) is 5.61. The SMILES string of the molecule is CCCCC[NH2+][C@H](C)c1nc2ccccc2c(=O)n1-c1ccccc1. The Hall–Kier alpha value is -2.46. The maximum Gasteiger partial charge on any atom is 0.266 e. The van der Waals surface area contributed by atoms with Crippen molar-refractivity contribution in [2.75, 3.05) is 6.54 Å². The maximum atomic E-state index is 13.1. The van der Waals surface area contributed by atoms with E-state index in [0.29, 0.717) is 5.39 Å². The van der Waals surface area contributed by atoms with Crippen LogP contribution in [0.25, 0.3) is 16.6 Å². The fourth-order valence-electron chi connectivity index (χ4n) is 3.15. The normalized spacial score (nSPS) is 12.4. The van der Waals surface area contributed by atoms with E-state index in [1.54, 1.807) is 4.57 Å². The summed E-state index contributed by atoms with van der Waals surface area (Å²) in [6.45, 7) is 5.38. The van der Waals surface area contributed by atoms with Crippen molar-refractivity contribution in [3.63, 3.8) is 0 Å². The van der Waals surface area contributed by atoms with Crippen molar-refractivity contribution in [2.45, 2.75) is 39.2 Å². The highest BCUT2D eigenvalue weighted by atomic mass is 16.1. The number of rotatable bonds is 7. The lowest BCUT2D eigenvalue weighted by Crippen LogP contribution is -2.85. The van der Waals surface area contributed by atoms with Crippen molar-refractivity contribution in [2.24, 2.45) is 0 Å². The molecule has 0 bridgehead atoms. The summed E-state index contributed by atoms with van der Waals surface area (Å²) in [5.74, 6) is 0.811. The van der Waals surface area contributed by atoms with E-state index in [-0.39, 0.29) is 11.6 Å². The summed E-state index contributed by atoms with van der Waals surface area (Å²) < 4.78 is 1.77.